The molecule has 2 aliphatic rings. The summed E-state index contributed by atoms with van der Waals surface area (Å²) in [5, 5.41) is 12.0. The molecule has 2 aliphatic heterocycles. The zero-order valence-corrected chi connectivity index (χ0v) is 20.9. The van der Waals surface area contributed by atoms with E-state index in [0.717, 1.165) is 16.7 Å². The van der Waals surface area contributed by atoms with Crippen LogP contribution in [0, 0.1) is 0 Å². The monoisotopic (exact) mass is 514 g/mol. The number of hydrogen-bond acceptors (Lipinski definition) is 6. The largest absolute Gasteiger partial charge is 0.448 e. The number of ether oxygens (including phenoxy) is 1. The summed E-state index contributed by atoms with van der Waals surface area (Å²) in [6.45, 7) is 0.859. The lowest BCUT2D eigenvalue weighted by molar-refractivity contribution is -0.153. The van der Waals surface area contributed by atoms with Gasteiger partial charge in [-0.3, -0.25) is 14.5 Å². The summed E-state index contributed by atoms with van der Waals surface area (Å²) in [7, 11) is 0. The van der Waals surface area contributed by atoms with Gasteiger partial charge in [0.1, 0.15) is 16.4 Å². The summed E-state index contributed by atoms with van der Waals surface area (Å²) >= 11 is 1.33. The number of fused-ring (bicyclic) bond motifs is 1. The molecule has 8 heteroatoms. The van der Waals surface area contributed by atoms with Crippen LogP contribution in [-0.4, -0.2) is 45.1 Å². The van der Waals surface area contributed by atoms with E-state index in [2.05, 4.69) is 5.32 Å². The first-order valence-electron chi connectivity index (χ1n) is 11.9. The summed E-state index contributed by atoms with van der Waals surface area (Å²) in [5.41, 5.74) is 2.59. The first kappa shape index (κ1) is 24.8. The summed E-state index contributed by atoms with van der Waals surface area (Å²) in [6, 6.07) is 28.0. The van der Waals surface area contributed by atoms with E-state index < -0.39 is 35.3 Å². The van der Waals surface area contributed by atoms with Gasteiger partial charge in [-0.2, -0.15) is 0 Å². The Kier molecular flexibility index (Phi) is 7.12. The predicted molar refractivity (Wildman–Crippen MR) is 140 cm³/mol. The van der Waals surface area contributed by atoms with E-state index in [4.69, 9.17) is 4.74 Å². The highest BCUT2D eigenvalue weighted by Crippen LogP contribution is 2.50. The van der Waals surface area contributed by atoms with Crippen molar-refractivity contribution in [1.82, 2.24) is 10.2 Å². The number of nitrogens with zero attached hydrogens (tertiary/aromatic N) is 1. The molecule has 1 fully saturated rings. The van der Waals surface area contributed by atoms with Gasteiger partial charge in [0.25, 0.3) is 0 Å². The number of benzene rings is 3. The van der Waals surface area contributed by atoms with Gasteiger partial charge >= 0.3 is 5.97 Å². The Hall–Kier alpha value is -3.88. The van der Waals surface area contributed by atoms with E-state index in [1.54, 1.807) is 0 Å². The Morgan fingerprint density at radius 1 is 0.946 bits per heavy atom. The molecule has 1 saturated heterocycles. The maximum Gasteiger partial charge on any atom is 0.356 e. The Morgan fingerprint density at radius 2 is 1.49 bits per heavy atom. The molecular formula is C29H26N2O5S. The lowest BCUT2D eigenvalue weighted by Gasteiger charge is -2.51. The van der Waals surface area contributed by atoms with Crippen LogP contribution in [0.25, 0.3) is 0 Å². The van der Waals surface area contributed by atoms with Gasteiger partial charge in [-0.15, -0.1) is 11.8 Å². The zero-order chi connectivity index (χ0) is 25.9. The van der Waals surface area contributed by atoms with Crippen LogP contribution in [-0.2, 0) is 19.1 Å². The fraction of sp³-hybridized carbons (Fsp3) is 0.207. The SMILES string of the molecule is CC(=O)NC1S[C@@H]2[C@H](c3ccccc3)C(=O)N2C(C(=O)OC(c2ccccc2)c2ccccc2)=C1CO. The molecule has 2 amide bonds. The third-order valence-electron chi connectivity index (χ3n) is 6.47. The fourth-order valence-electron chi connectivity index (χ4n) is 4.75. The predicted octanol–water partition coefficient (Wildman–Crippen LogP) is 3.73. The van der Waals surface area contributed by atoms with Crippen LogP contribution in [0.1, 0.15) is 35.6 Å². The number of hydrogen-bond donors (Lipinski definition) is 2. The van der Waals surface area contributed by atoms with Gasteiger partial charge < -0.3 is 15.2 Å². The van der Waals surface area contributed by atoms with Crippen LogP contribution in [0.3, 0.4) is 0 Å². The Bertz CT molecular complexity index is 1290. The minimum atomic E-state index is -0.734. The first-order valence-corrected chi connectivity index (χ1v) is 12.9. The van der Waals surface area contributed by atoms with Crippen molar-refractivity contribution in [2.24, 2.45) is 0 Å². The quantitative estimate of drug-likeness (QED) is 0.369. The number of β-lactam (4-membered cyclic amide) rings is 1. The second-order valence-electron chi connectivity index (χ2n) is 8.84. The Labute approximate surface area is 219 Å². The van der Waals surface area contributed by atoms with Gasteiger partial charge in [-0.05, 0) is 16.7 Å². The average Bonchev–Trinajstić information content (AvgIpc) is 2.92. The molecule has 2 heterocycles. The number of thioether (sulfide) groups is 1. The normalized spacial score (nSPS) is 20.8. The lowest BCUT2D eigenvalue weighted by Crippen LogP contribution is -2.62. The molecule has 0 spiro atoms. The average molecular weight is 515 g/mol. The van der Waals surface area contributed by atoms with Crippen molar-refractivity contribution in [2.45, 2.75) is 29.7 Å². The van der Waals surface area contributed by atoms with E-state index >= 15 is 0 Å². The zero-order valence-electron chi connectivity index (χ0n) is 20.1. The molecule has 0 aromatic heterocycles. The van der Waals surface area contributed by atoms with Crippen LogP contribution in [0.2, 0.25) is 0 Å². The second-order valence-corrected chi connectivity index (χ2v) is 10.1. The molecule has 0 aliphatic carbocycles. The summed E-state index contributed by atoms with van der Waals surface area (Å²) in [6.07, 6.45) is -0.726. The Morgan fingerprint density at radius 3 is 2.00 bits per heavy atom. The smallest absolute Gasteiger partial charge is 0.356 e. The molecule has 2 N–H and O–H groups in total. The number of aliphatic hydroxyl groups excluding tert-OH is 1. The van der Waals surface area contributed by atoms with E-state index in [1.165, 1.54) is 23.6 Å². The van der Waals surface area contributed by atoms with E-state index in [1.807, 2.05) is 91.0 Å². The number of amides is 2. The maximum atomic E-state index is 13.8. The van der Waals surface area contributed by atoms with Crippen molar-refractivity contribution in [1.29, 1.82) is 0 Å². The molecule has 0 bridgehead atoms. The fourth-order valence-corrected chi connectivity index (χ4v) is 6.37. The van der Waals surface area contributed by atoms with E-state index in [9.17, 15) is 19.5 Å². The third-order valence-corrected chi connectivity index (χ3v) is 7.90. The third kappa shape index (κ3) is 4.77. The number of esters is 1. The molecule has 3 atom stereocenters. The molecule has 188 valence electrons. The van der Waals surface area contributed by atoms with Gasteiger partial charge in [0, 0.05) is 12.5 Å². The molecule has 0 radical (unpaired) electrons. The van der Waals surface area contributed by atoms with Crippen LogP contribution < -0.4 is 5.32 Å². The van der Waals surface area contributed by atoms with Crippen LogP contribution >= 0.6 is 11.8 Å². The lowest BCUT2D eigenvalue weighted by atomic mass is 9.88. The van der Waals surface area contributed by atoms with Crippen molar-refractivity contribution in [3.05, 3.63) is 119 Å². The van der Waals surface area contributed by atoms with Gasteiger partial charge in [0.15, 0.2) is 6.10 Å². The highest BCUT2D eigenvalue weighted by molar-refractivity contribution is 8.00. The van der Waals surface area contributed by atoms with Crippen molar-refractivity contribution < 1.29 is 24.2 Å². The van der Waals surface area contributed by atoms with E-state index in [-0.39, 0.29) is 23.1 Å². The molecule has 3 aromatic carbocycles. The highest BCUT2D eigenvalue weighted by Gasteiger charge is 2.56. The number of nitrogens with one attached hydrogen (secondary N) is 1. The van der Waals surface area contributed by atoms with Crippen LogP contribution in [0.15, 0.2) is 102 Å². The number of carbonyl (C=O) groups excluding carboxylic acids is 3. The molecule has 5 rings (SSSR count). The molecule has 3 aromatic rings. The molecule has 0 saturated carbocycles. The van der Waals surface area contributed by atoms with Gasteiger partial charge in [0.05, 0.1) is 12.5 Å². The Balaban J connectivity index is 1.54. The first-order chi connectivity index (χ1) is 18.0. The van der Waals surface area contributed by atoms with Crippen molar-refractivity contribution in [2.75, 3.05) is 6.61 Å². The van der Waals surface area contributed by atoms with Crippen molar-refractivity contribution in [3.63, 3.8) is 0 Å². The number of carbonyl (C=O) groups is 3. The van der Waals surface area contributed by atoms with Gasteiger partial charge in [-0.1, -0.05) is 91.0 Å². The molecule has 37 heavy (non-hydrogen) atoms. The number of rotatable bonds is 7. The second kappa shape index (κ2) is 10.6. The van der Waals surface area contributed by atoms with Gasteiger partial charge in [-0.25, -0.2) is 4.79 Å². The van der Waals surface area contributed by atoms with Crippen LogP contribution in [0.4, 0.5) is 0 Å². The van der Waals surface area contributed by atoms with Crippen molar-refractivity contribution in [3.8, 4) is 0 Å². The van der Waals surface area contributed by atoms with E-state index in [0.29, 0.717) is 0 Å². The van der Waals surface area contributed by atoms with Crippen LogP contribution in [0.5, 0.6) is 0 Å². The maximum absolute atomic E-state index is 13.8. The topological polar surface area (TPSA) is 95.9 Å². The molecule has 1 unspecified atom stereocenters. The standard InChI is InChI=1S/C29H26N2O5S/c1-18(33)30-26-22(17-32)24(31-27(34)23(28(31)37-26)19-11-5-2-6-12-19)29(35)36-25(20-13-7-3-8-14-20)21-15-9-4-10-16-21/h2-16,23,25-26,28,32H,17H2,1H3,(H,30,33)/t23-,26?,28-/m1/s1. The molecular weight excluding hydrogens is 488 g/mol. The van der Waals surface area contributed by atoms with Crippen molar-refractivity contribution >= 4 is 29.5 Å². The summed E-state index contributed by atoms with van der Waals surface area (Å²) in [4.78, 5) is 40.7. The minimum absolute atomic E-state index is 0.0148. The number of aliphatic hydroxyl groups is 1. The highest BCUT2D eigenvalue weighted by atomic mass is 32.2. The summed E-state index contributed by atoms with van der Waals surface area (Å²) < 4.78 is 6.07. The minimum Gasteiger partial charge on any atom is -0.448 e. The van der Waals surface area contributed by atoms with Gasteiger partial charge in [0.2, 0.25) is 11.8 Å². The molecule has 7 nitrogen and oxygen atoms in total. The summed E-state index contributed by atoms with van der Waals surface area (Å²) in [5.74, 6) is -1.77.